The topological polar surface area (TPSA) is 95.6 Å². The molecule has 0 bridgehead atoms. The number of anilines is 2. The van der Waals surface area contributed by atoms with Crippen molar-refractivity contribution in [3.8, 4) is 0 Å². The van der Waals surface area contributed by atoms with E-state index in [1.54, 1.807) is 26.0 Å². The van der Waals surface area contributed by atoms with Gasteiger partial charge in [-0.2, -0.15) is 0 Å². The molecular formula is C19H21F2N3O4S. The lowest BCUT2D eigenvalue weighted by Crippen LogP contribution is -2.38. The van der Waals surface area contributed by atoms with E-state index >= 15 is 0 Å². The Labute approximate surface area is 167 Å². The molecule has 0 saturated carbocycles. The molecule has 0 saturated heterocycles. The summed E-state index contributed by atoms with van der Waals surface area (Å²) in [6, 6.07) is 8.41. The maximum Gasteiger partial charge on any atom is 0.253 e. The molecule has 2 N–H and O–H groups in total. The molecule has 0 radical (unpaired) electrons. The van der Waals surface area contributed by atoms with Gasteiger partial charge in [0.05, 0.1) is 23.2 Å². The van der Waals surface area contributed by atoms with E-state index in [2.05, 4.69) is 10.6 Å². The highest BCUT2D eigenvalue weighted by atomic mass is 32.2. The van der Waals surface area contributed by atoms with E-state index in [9.17, 15) is 26.8 Å². The summed E-state index contributed by atoms with van der Waals surface area (Å²) in [4.78, 5) is 24.8. The number of carbonyl (C=O) groups excluding carboxylic acids is 2. The number of hydrogen-bond acceptors (Lipinski definition) is 4. The Morgan fingerprint density at radius 2 is 1.76 bits per heavy atom. The van der Waals surface area contributed by atoms with E-state index in [1.165, 1.54) is 12.1 Å². The minimum Gasteiger partial charge on any atom is -0.350 e. The fourth-order valence-electron chi connectivity index (χ4n) is 2.51. The SMILES string of the molecule is CC(C)NC(=O)c1ccccc1NC(=O)CN(c1ccc(F)cc1F)S(C)(=O)=O. The zero-order valence-corrected chi connectivity index (χ0v) is 16.9. The van der Waals surface area contributed by atoms with Crippen LogP contribution >= 0.6 is 0 Å². The first kappa shape index (κ1) is 22.3. The number of carbonyl (C=O) groups is 2. The van der Waals surface area contributed by atoms with Gasteiger partial charge in [-0.3, -0.25) is 13.9 Å². The van der Waals surface area contributed by atoms with E-state index in [0.29, 0.717) is 10.4 Å². The van der Waals surface area contributed by atoms with Crippen LogP contribution in [0.3, 0.4) is 0 Å². The lowest BCUT2D eigenvalue weighted by Gasteiger charge is -2.22. The van der Waals surface area contributed by atoms with Crippen molar-refractivity contribution in [2.24, 2.45) is 0 Å². The summed E-state index contributed by atoms with van der Waals surface area (Å²) >= 11 is 0. The first-order valence-electron chi connectivity index (χ1n) is 8.61. The normalized spacial score (nSPS) is 11.2. The molecule has 0 atom stereocenters. The van der Waals surface area contributed by atoms with Gasteiger partial charge in [0.2, 0.25) is 15.9 Å². The molecule has 10 heteroatoms. The fourth-order valence-corrected chi connectivity index (χ4v) is 3.37. The van der Waals surface area contributed by atoms with Gasteiger partial charge in [0.1, 0.15) is 18.2 Å². The molecule has 2 amide bonds. The number of rotatable bonds is 7. The first-order chi connectivity index (χ1) is 13.5. The number of hydrogen-bond donors (Lipinski definition) is 2. The number of amides is 2. The van der Waals surface area contributed by atoms with E-state index < -0.39 is 45.7 Å². The van der Waals surface area contributed by atoms with Gasteiger partial charge in [-0.15, -0.1) is 0 Å². The van der Waals surface area contributed by atoms with Crippen molar-refractivity contribution < 1.29 is 26.8 Å². The van der Waals surface area contributed by atoms with Crippen molar-refractivity contribution in [1.82, 2.24) is 5.32 Å². The number of sulfonamides is 1. The zero-order valence-electron chi connectivity index (χ0n) is 16.1. The van der Waals surface area contributed by atoms with Crippen LogP contribution < -0.4 is 14.9 Å². The third-order valence-electron chi connectivity index (χ3n) is 3.73. The number of nitrogens with zero attached hydrogens (tertiary/aromatic N) is 1. The van der Waals surface area contributed by atoms with Crippen molar-refractivity contribution >= 4 is 33.2 Å². The van der Waals surface area contributed by atoms with Gasteiger partial charge in [-0.05, 0) is 38.1 Å². The van der Waals surface area contributed by atoms with Crippen LogP contribution in [0.25, 0.3) is 0 Å². The van der Waals surface area contributed by atoms with Crippen LogP contribution in [-0.2, 0) is 14.8 Å². The molecule has 7 nitrogen and oxygen atoms in total. The highest BCUT2D eigenvalue weighted by Gasteiger charge is 2.24. The molecule has 0 aliphatic heterocycles. The quantitative estimate of drug-likeness (QED) is 0.713. The van der Waals surface area contributed by atoms with Crippen LogP contribution in [-0.4, -0.2) is 39.1 Å². The van der Waals surface area contributed by atoms with Crippen molar-refractivity contribution in [3.05, 3.63) is 59.7 Å². The van der Waals surface area contributed by atoms with E-state index in [-0.39, 0.29) is 17.3 Å². The molecule has 0 aliphatic rings. The minimum absolute atomic E-state index is 0.131. The van der Waals surface area contributed by atoms with Crippen LogP contribution in [0.5, 0.6) is 0 Å². The Bertz CT molecular complexity index is 1030. The summed E-state index contributed by atoms with van der Waals surface area (Å²) in [5.41, 5.74) is -0.105. The Morgan fingerprint density at radius 1 is 1.10 bits per heavy atom. The Hall–Kier alpha value is -3.01. The van der Waals surface area contributed by atoms with E-state index in [4.69, 9.17) is 0 Å². The van der Waals surface area contributed by atoms with Gasteiger partial charge in [0, 0.05) is 12.1 Å². The minimum atomic E-state index is -4.05. The number of halogens is 2. The first-order valence-corrected chi connectivity index (χ1v) is 10.5. The lowest BCUT2D eigenvalue weighted by molar-refractivity contribution is -0.114. The van der Waals surface area contributed by atoms with Gasteiger partial charge in [0.15, 0.2) is 0 Å². The number of nitrogens with one attached hydrogen (secondary N) is 2. The highest BCUT2D eigenvalue weighted by molar-refractivity contribution is 7.92. The molecule has 0 heterocycles. The average molecular weight is 425 g/mol. The van der Waals surface area contributed by atoms with Crippen molar-refractivity contribution in [2.75, 3.05) is 22.4 Å². The monoisotopic (exact) mass is 425 g/mol. The summed E-state index contributed by atoms with van der Waals surface area (Å²) < 4.78 is 51.9. The van der Waals surface area contributed by atoms with E-state index in [1.807, 2.05) is 0 Å². The third kappa shape index (κ3) is 5.98. The molecule has 0 aromatic heterocycles. The molecule has 29 heavy (non-hydrogen) atoms. The number of para-hydroxylation sites is 1. The average Bonchev–Trinajstić information content (AvgIpc) is 2.59. The fraction of sp³-hybridized carbons (Fsp3) is 0.263. The van der Waals surface area contributed by atoms with Crippen LogP contribution in [0, 0.1) is 11.6 Å². The van der Waals surface area contributed by atoms with Crippen molar-refractivity contribution in [2.45, 2.75) is 19.9 Å². The van der Waals surface area contributed by atoms with Crippen molar-refractivity contribution in [3.63, 3.8) is 0 Å². The predicted molar refractivity (Wildman–Crippen MR) is 106 cm³/mol. The molecule has 156 valence electrons. The summed E-state index contributed by atoms with van der Waals surface area (Å²) in [6.45, 7) is 2.79. The maximum atomic E-state index is 14.1. The smallest absolute Gasteiger partial charge is 0.253 e. The summed E-state index contributed by atoms with van der Waals surface area (Å²) in [7, 11) is -4.05. The van der Waals surface area contributed by atoms with E-state index in [0.717, 1.165) is 18.4 Å². The Balaban J connectivity index is 2.27. The van der Waals surface area contributed by atoms with Gasteiger partial charge in [-0.1, -0.05) is 12.1 Å². The second-order valence-electron chi connectivity index (χ2n) is 6.59. The maximum absolute atomic E-state index is 14.1. The second kappa shape index (κ2) is 8.99. The van der Waals surface area contributed by atoms with Gasteiger partial charge in [0.25, 0.3) is 5.91 Å². The molecular weight excluding hydrogens is 404 g/mol. The predicted octanol–water partition coefficient (Wildman–Crippen LogP) is 2.51. The second-order valence-corrected chi connectivity index (χ2v) is 8.49. The van der Waals surface area contributed by atoms with Crippen LogP contribution in [0.1, 0.15) is 24.2 Å². The summed E-state index contributed by atoms with van der Waals surface area (Å²) in [5, 5.41) is 5.16. The standard InChI is InChI=1S/C19H21F2N3O4S/c1-12(2)22-19(26)14-6-4-5-7-16(14)23-18(25)11-24(29(3,27)28)17-9-8-13(20)10-15(17)21/h4-10,12H,11H2,1-3H3,(H,22,26)(H,23,25). The van der Waals surface area contributed by atoms with Crippen molar-refractivity contribution in [1.29, 1.82) is 0 Å². The van der Waals surface area contributed by atoms with Crippen LogP contribution in [0.2, 0.25) is 0 Å². The lowest BCUT2D eigenvalue weighted by atomic mass is 10.1. The zero-order chi connectivity index (χ0) is 21.8. The molecule has 0 aliphatic carbocycles. The van der Waals surface area contributed by atoms with Gasteiger partial charge >= 0.3 is 0 Å². The molecule has 0 unspecified atom stereocenters. The highest BCUT2D eigenvalue weighted by Crippen LogP contribution is 2.23. The number of benzene rings is 2. The molecule has 2 aromatic rings. The Morgan fingerprint density at radius 3 is 2.34 bits per heavy atom. The largest absolute Gasteiger partial charge is 0.350 e. The molecule has 0 fully saturated rings. The summed E-state index contributed by atoms with van der Waals surface area (Å²) in [6.07, 6.45) is 0.799. The van der Waals surface area contributed by atoms with Crippen LogP contribution in [0.4, 0.5) is 20.2 Å². The summed E-state index contributed by atoms with van der Waals surface area (Å²) in [5.74, 6) is -3.22. The van der Waals surface area contributed by atoms with Gasteiger partial charge in [-0.25, -0.2) is 17.2 Å². The molecule has 2 aromatic carbocycles. The Kier molecular flexibility index (Phi) is 6.91. The van der Waals surface area contributed by atoms with Gasteiger partial charge < -0.3 is 10.6 Å². The molecule has 0 spiro atoms. The van der Waals surface area contributed by atoms with Crippen LogP contribution in [0.15, 0.2) is 42.5 Å². The third-order valence-corrected chi connectivity index (χ3v) is 4.86. The molecule has 2 rings (SSSR count).